The Morgan fingerprint density at radius 1 is 1.07 bits per heavy atom. The number of H-pyrrole nitrogens is 2. The standard InChI is InChI=1S/C24H26N4O2/c1-28(2,3)21(13-17-15-27-23-19(17)8-6-10-22(23)29)24(30)25-12-11-16-14-26-20-9-5-4-7-18(16)20/h4-12,14-15,21,26-27H,13H2,1-3H3,(H-,25,29,30)/p+1/b12-11+/t21-/m0/s1. The maximum Gasteiger partial charge on any atom is 0.282 e. The van der Waals surface area contributed by atoms with Crippen LogP contribution in [0.3, 0.4) is 0 Å². The molecule has 154 valence electrons. The Balaban J connectivity index is 1.53. The van der Waals surface area contributed by atoms with Crippen molar-refractivity contribution in [2.75, 3.05) is 21.1 Å². The molecule has 0 spiro atoms. The smallest absolute Gasteiger partial charge is 0.282 e. The number of phenolic OH excluding ortho intramolecular Hbond substituents is 1. The van der Waals surface area contributed by atoms with Gasteiger partial charge in [0.05, 0.1) is 26.7 Å². The number of aromatic amines is 2. The van der Waals surface area contributed by atoms with Crippen LogP contribution in [0.5, 0.6) is 5.75 Å². The molecule has 0 aliphatic heterocycles. The number of fused-ring (bicyclic) bond motifs is 2. The second-order valence-electron chi connectivity index (χ2n) is 8.48. The molecule has 0 aliphatic rings. The van der Waals surface area contributed by atoms with Crippen molar-refractivity contribution in [2.45, 2.75) is 12.5 Å². The molecule has 0 saturated carbocycles. The third kappa shape index (κ3) is 3.82. The van der Waals surface area contributed by atoms with Gasteiger partial charge in [0.25, 0.3) is 5.91 Å². The van der Waals surface area contributed by atoms with Crippen LogP contribution in [0.2, 0.25) is 0 Å². The van der Waals surface area contributed by atoms with Gasteiger partial charge in [0.2, 0.25) is 0 Å². The number of aromatic hydroxyl groups is 1. The monoisotopic (exact) mass is 403 g/mol. The average molecular weight is 404 g/mol. The van der Waals surface area contributed by atoms with Crippen LogP contribution < -0.4 is 5.32 Å². The molecule has 0 radical (unpaired) electrons. The van der Waals surface area contributed by atoms with Crippen LogP contribution >= 0.6 is 0 Å². The van der Waals surface area contributed by atoms with Crippen LogP contribution in [0.15, 0.2) is 61.1 Å². The second-order valence-corrected chi connectivity index (χ2v) is 8.48. The van der Waals surface area contributed by atoms with Crippen LogP contribution in [-0.4, -0.2) is 52.6 Å². The Kier molecular flexibility index (Phi) is 5.10. The summed E-state index contributed by atoms with van der Waals surface area (Å²) in [6, 6.07) is 13.2. The average Bonchev–Trinajstić information content (AvgIpc) is 3.30. The van der Waals surface area contributed by atoms with Gasteiger partial charge in [0.1, 0.15) is 5.75 Å². The molecular formula is C24H27N4O2+. The fourth-order valence-electron chi connectivity index (χ4n) is 3.83. The lowest BCUT2D eigenvalue weighted by Crippen LogP contribution is -2.54. The number of rotatable bonds is 6. The molecule has 4 aromatic rings. The number of hydrogen-bond donors (Lipinski definition) is 4. The fraction of sp³-hybridized carbons (Fsp3) is 0.208. The van der Waals surface area contributed by atoms with Gasteiger partial charge in [-0.15, -0.1) is 0 Å². The van der Waals surface area contributed by atoms with Crippen LogP contribution in [0.1, 0.15) is 11.1 Å². The number of phenols is 1. The SMILES string of the molecule is C[N+](C)(C)[C@@H](Cc1c[nH]c2c(O)cccc12)C(=O)N/C=C/c1c[nH]c2ccccc12. The number of hydrogen-bond acceptors (Lipinski definition) is 2. The van der Waals surface area contributed by atoms with E-state index >= 15 is 0 Å². The summed E-state index contributed by atoms with van der Waals surface area (Å²) in [5.41, 5.74) is 3.80. The molecule has 2 aromatic carbocycles. The number of nitrogens with one attached hydrogen (secondary N) is 3. The van der Waals surface area contributed by atoms with E-state index in [2.05, 4.69) is 21.4 Å². The van der Waals surface area contributed by atoms with Crippen molar-refractivity contribution in [1.29, 1.82) is 0 Å². The predicted octanol–water partition coefficient (Wildman–Crippen LogP) is 3.76. The third-order valence-corrected chi connectivity index (χ3v) is 5.54. The number of amides is 1. The molecule has 0 bridgehead atoms. The first kappa shape index (κ1) is 19.8. The number of quaternary nitrogens is 1. The lowest BCUT2D eigenvalue weighted by atomic mass is 10.0. The summed E-state index contributed by atoms with van der Waals surface area (Å²) in [5, 5.41) is 15.1. The minimum atomic E-state index is -0.293. The third-order valence-electron chi connectivity index (χ3n) is 5.54. The van der Waals surface area contributed by atoms with Gasteiger partial charge in [-0.3, -0.25) is 4.79 Å². The lowest BCUT2D eigenvalue weighted by Gasteiger charge is -2.32. The molecular weight excluding hydrogens is 376 g/mol. The van der Waals surface area contributed by atoms with E-state index < -0.39 is 0 Å². The highest BCUT2D eigenvalue weighted by atomic mass is 16.3. The Hall–Kier alpha value is -3.51. The number of carbonyl (C=O) groups excluding carboxylic acids is 1. The number of nitrogens with zero attached hydrogens (tertiary/aromatic N) is 1. The minimum Gasteiger partial charge on any atom is -0.506 e. The number of para-hydroxylation sites is 2. The number of aromatic nitrogens is 2. The summed E-state index contributed by atoms with van der Waals surface area (Å²) in [6.07, 6.45) is 7.99. The molecule has 0 unspecified atom stereocenters. The van der Waals surface area contributed by atoms with Crippen LogP contribution in [0.4, 0.5) is 0 Å². The molecule has 4 rings (SSSR count). The fourth-order valence-corrected chi connectivity index (χ4v) is 3.83. The van der Waals surface area contributed by atoms with E-state index in [1.165, 1.54) is 0 Å². The highest BCUT2D eigenvalue weighted by Gasteiger charge is 2.32. The first-order valence-corrected chi connectivity index (χ1v) is 9.96. The summed E-state index contributed by atoms with van der Waals surface area (Å²) in [4.78, 5) is 19.4. The molecule has 4 N–H and O–H groups in total. The van der Waals surface area contributed by atoms with Gasteiger partial charge in [0.15, 0.2) is 6.04 Å². The molecule has 30 heavy (non-hydrogen) atoms. The number of likely N-dealkylation sites (N-methyl/N-ethyl adjacent to an activating group) is 1. The van der Waals surface area contributed by atoms with Crippen molar-refractivity contribution in [3.05, 3.63) is 72.2 Å². The predicted molar refractivity (Wildman–Crippen MR) is 121 cm³/mol. The Labute approximate surface area is 175 Å². The first-order chi connectivity index (χ1) is 14.3. The van der Waals surface area contributed by atoms with Crippen molar-refractivity contribution in [1.82, 2.24) is 15.3 Å². The van der Waals surface area contributed by atoms with E-state index in [1.807, 2.05) is 69.9 Å². The Morgan fingerprint density at radius 2 is 1.83 bits per heavy atom. The normalized spacial score (nSPS) is 13.3. The highest BCUT2D eigenvalue weighted by Crippen LogP contribution is 2.27. The van der Waals surface area contributed by atoms with E-state index in [4.69, 9.17) is 0 Å². The van der Waals surface area contributed by atoms with Crippen molar-refractivity contribution in [3.63, 3.8) is 0 Å². The van der Waals surface area contributed by atoms with E-state index in [1.54, 1.807) is 12.3 Å². The highest BCUT2D eigenvalue weighted by molar-refractivity contribution is 5.91. The van der Waals surface area contributed by atoms with Crippen molar-refractivity contribution >= 4 is 33.8 Å². The van der Waals surface area contributed by atoms with Crippen LogP contribution in [0.25, 0.3) is 27.9 Å². The molecule has 1 atom stereocenters. The summed E-state index contributed by atoms with van der Waals surface area (Å²) in [5.74, 6) is 0.166. The Bertz CT molecular complexity index is 1230. The van der Waals surface area contributed by atoms with E-state index in [9.17, 15) is 9.90 Å². The summed E-state index contributed by atoms with van der Waals surface area (Å²) < 4.78 is 0.484. The molecule has 6 heteroatoms. The maximum absolute atomic E-state index is 13.1. The van der Waals surface area contributed by atoms with Crippen molar-refractivity contribution in [2.24, 2.45) is 0 Å². The largest absolute Gasteiger partial charge is 0.506 e. The number of benzene rings is 2. The zero-order valence-electron chi connectivity index (χ0n) is 17.4. The van der Waals surface area contributed by atoms with E-state index in [-0.39, 0.29) is 17.7 Å². The first-order valence-electron chi connectivity index (χ1n) is 9.96. The van der Waals surface area contributed by atoms with Gasteiger partial charge in [-0.05, 0) is 23.8 Å². The molecule has 0 fully saturated rings. The number of carbonyl (C=O) groups is 1. The summed E-state index contributed by atoms with van der Waals surface area (Å²) in [7, 11) is 6.04. The lowest BCUT2D eigenvalue weighted by molar-refractivity contribution is -0.886. The van der Waals surface area contributed by atoms with Gasteiger partial charge < -0.3 is 24.9 Å². The molecule has 2 heterocycles. The van der Waals surface area contributed by atoms with Gasteiger partial charge >= 0.3 is 0 Å². The second kappa shape index (κ2) is 7.72. The summed E-state index contributed by atoms with van der Waals surface area (Å²) in [6.45, 7) is 0. The van der Waals surface area contributed by atoms with Gasteiger partial charge in [-0.1, -0.05) is 30.3 Å². The molecule has 6 nitrogen and oxygen atoms in total. The Morgan fingerprint density at radius 3 is 2.63 bits per heavy atom. The summed E-state index contributed by atoms with van der Waals surface area (Å²) >= 11 is 0. The minimum absolute atomic E-state index is 0.0481. The molecule has 0 saturated heterocycles. The zero-order chi connectivity index (χ0) is 21.3. The topological polar surface area (TPSA) is 80.9 Å². The van der Waals surface area contributed by atoms with Gasteiger partial charge in [-0.25, -0.2) is 0 Å². The van der Waals surface area contributed by atoms with Crippen molar-refractivity contribution < 1.29 is 14.4 Å². The van der Waals surface area contributed by atoms with Crippen LogP contribution in [-0.2, 0) is 11.2 Å². The molecule has 2 aromatic heterocycles. The van der Waals surface area contributed by atoms with E-state index in [0.29, 0.717) is 16.4 Å². The quantitative estimate of drug-likeness (QED) is 0.370. The van der Waals surface area contributed by atoms with E-state index in [0.717, 1.165) is 27.4 Å². The maximum atomic E-state index is 13.1. The van der Waals surface area contributed by atoms with Crippen LogP contribution in [0, 0.1) is 0 Å². The van der Waals surface area contributed by atoms with Crippen molar-refractivity contribution in [3.8, 4) is 5.75 Å². The molecule has 1 amide bonds. The van der Waals surface area contributed by atoms with Gasteiger partial charge in [0, 0.05) is 46.9 Å². The molecule has 0 aliphatic carbocycles. The zero-order valence-corrected chi connectivity index (χ0v) is 17.4. The van der Waals surface area contributed by atoms with Gasteiger partial charge in [-0.2, -0.15) is 0 Å².